The fourth-order valence-corrected chi connectivity index (χ4v) is 1.70. The average Bonchev–Trinajstić information content (AvgIpc) is 2.28. The van der Waals surface area contributed by atoms with E-state index >= 15 is 0 Å². The van der Waals surface area contributed by atoms with Gasteiger partial charge in [0.2, 0.25) is 0 Å². The molecule has 88 valence electrons. The van der Waals surface area contributed by atoms with Crippen molar-refractivity contribution in [2.24, 2.45) is 0 Å². The summed E-state index contributed by atoms with van der Waals surface area (Å²) in [6.07, 6.45) is -2.87. The van der Waals surface area contributed by atoms with Crippen LogP contribution in [0.3, 0.4) is 0 Å². The summed E-state index contributed by atoms with van der Waals surface area (Å²) in [5.41, 5.74) is 0.574. The summed E-state index contributed by atoms with van der Waals surface area (Å²) in [4.78, 5) is 4.02. The first kappa shape index (κ1) is 11.6. The highest BCUT2D eigenvalue weighted by atomic mass is 19.4. The number of hydrogen-bond donors (Lipinski definition) is 0. The van der Waals surface area contributed by atoms with Crippen LogP contribution < -0.4 is 0 Å². The number of pyridine rings is 1. The molecule has 0 aliphatic heterocycles. The van der Waals surface area contributed by atoms with Crippen molar-refractivity contribution in [1.82, 2.24) is 4.98 Å². The van der Waals surface area contributed by atoms with Crippen molar-refractivity contribution in [3.05, 3.63) is 53.7 Å². The summed E-state index contributed by atoms with van der Waals surface area (Å²) in [7, 11) is 0. The van der Waals surface area contributed by atoms with Gasteiger partial charge in [0, 0.05) is 11.8 Å². The first-order chi connectivity index (χ1) is 8.00. The van der Waals surface area contributed by atoms with E-state index in [9.17, 15) is 13.2 Å². The minimum atomic E-state index is -4.36. The molecular formula is C13H10F3N. The van der Waals surface area contributed by atoms with E-state index in [4.69, 9.17) is 0 Å². The zero-order chi connectivity index (χ0) is 12.5. The van der Waals surface area contributed by atoms with Crippen LogP contribution in [-0.2, 0) is 6.18 Å². The molecule has 0 atom stereocenters. The first-order valence-corrected chi connectivity index (χ1v) is 5.08. The molecule has 0 spiro atoms. The molecule has 1 aromatic carbocycles. The summed E-state index contributed by atoms with van der Waals surface area (Å²) >= 11 is 0. The Morgan fingerprint density at radius 2 is 1.71 bits per heavy atom. The SMILES string of the molecule is Cc1cccnc1-c1ccccc1C(F)(F)F. The second-order valence-electron chi connectivity index (χ2n) is 3.71. The number of aromatic nitrogens is 1. The van der Waals surface area contributed by atoms with Crippen LogP contribution in [0.4, 0.5) is 13.2 Å². The van der Waals surface area contributed by atoms with Gasteiger partial charge in [0.1, 0.15) is 0 Å². The highest BCUT2D eigenvalue weighted by Gasteiger charge is 2.33. The molecule has 17 heavy (non-hydrogen) atoms. The third kappa shape index (κ3) is 2.30. The van der Waals surface area contributed by atoms with Crippen LogP contribution in [0.15, 0.2) is 42.6 Å². The minimum absolute atomic E-state index is 0.123. The van der Waals surface area contributed by atoms with Crippen LogP contribution in [-0.4, -0.2) is 4.98 Å². The van der Waals surface area contributed by atoms with Crippen molar-refractivity contribution in [2.75, 3.05) is 0 Å². The number of benzene rings is 1. The fourth-order valence-electron chi connectivity index (χ4n) is 1.70. The highest BCUT2D eigenvalue weighted by molar-refractivity contribution is 5.67. The summed E-state index contributed by atoms with van der Waals surface area (Å²) < 4.78 is 38.5. The quantitative estimate of drug-likeness (QED) is 0.728. The predicted octanol–water partition coefficient (Wildman–Crippen LogP) is 4.08. The fraction of sp³-hybridized carbons (Fsp3) is 0.154. The number of hydrogen-bond acceptors (Lipinski definition) is 1. The molecule has 0 amide bonds. The number of rotatable bonds is 1. The molecule has 1 nitrogen and oxygen atoms in total. The van der Waals surface area contributed by atoms with E-state index in [0.717, 1.165) is 11.6 Å². The van der Waals surface area contributed by atoms with E-state index in [1.165, 1.54) is 18.3 Å². The van der Waals surface area contributed by atoms with Crippen LogP contribution in [0, 0.1) is 6.92 Å². The number of nitrogens with zero attached hydrogens (tertiary/aromatic N) is 1. The summed E-state index contributed by atoms with van der Waals surface area (Å²) in [6, 6.07) is 8.93. The van der Waals surface area contributed by atoms with Gasteiger partial charge >= 0.3 is 6.18 Å². The van der Waals surface area contributed by atoms with Crippen LogP contribution in [0.5, 0.6) is 0 Å². The molecule has 0 fully saturated rings. The monoisotopic (exact) mass is 237 g/mol. The Labute approximate surface area is 96.9 Å². The smallest absolute Gasteiger partial charge is 0.256 e. The molecule has 0 radical (unpaired) electrons. The first-order valence-electron chi connectivity index (χ1n) is 5.08. The zero-order valence-electron chi connectivity index (χ0n) is 9.12. The molecule has 1 heterocycles. The topological polar surface area (TPSA) is 12.9 Å². The Morgan fingerprint density at radius 3 is 2.35 bits per heavy atom. The van der Waals surface area contributed by atoms with E-state index in [0.29, 0.717) is 5.69 Å². The maximum absolute atomic E-state index is 12.8. The molecule has 2 aromatic rings. The number of aryl methyl sites for hydroxylation is 1. The third-order valence-corrected chi connectivity index (χ3v) is 2.50. The maximum Gasteiger partial charge on any atom is 0.417 e. The van der Waals surface area contributed by atoms with Gasteiger partial charge in [-0.25, -0.2) is 0 Å². The van der Waals surface area contributed by atoms with Crippen LogP contribution in [0.1, 0.15) is 11.1 Å². The molecule has 4 heteroatoms. The molecule has 0 N–H and O–H groups in total. The van der Waals surface area contributed by atoms with Crippen molar-refractivity contribution in [1.29, 1.82) is 0 Å². The summed E-state index contributed by atoms with van der Waals surface area (Å²) in [5.74, 6) is 0. The number of halogens is 3. The Kier molecular flexibility index (Phi) is 2.88. The van der Waals surface area contributed by atoms with E-state index < -0.39 is 11.7 Å². The largest absolute Gasteiger partial charge is 0.417 e. The van der Waals surface area contributed by atoms with Gasteiger partial charge in [0.05, 0.1) is 11.3 Å². The normalized spacial score (nSPS) is 11.5. The Hall–Kier alpha value is -1.84. The lowest BCUT2D eigenvalue weighted by Crippen LogP contribution is -2.07. The second kappa shape index (κ2) is 4.20. The molecular weight excluding hydrogens is 227 g/mol. The zero-order valence-corrected chi connectivity index (χ0v) is 9.12. The lowest BCUT2D eigenvalue weighted by atomic mass is 10.0. The van der Waals surface area contributed by atoms with Gasteiger partial charge in [-0.15, -0.1) is 0 Å². The standard InChI is InChI=1S/C13H10F3N/c1-9-5-4-8-17-12(9)10-6-2-3-7-11(10)13(14,15)16/h2-8H,1H3. The van der Waals surface area contributed by atoms with Gasteiger partial charge in [-0.2, -0.15) is 13.2 Å². The Bertz CT molecular complexity index is 532. The van der Waals surface area contributed by atoms with Crippen molar-refractivity contribution in [3.8, 4) is 11.3 Å². The molecule has 2 rings (SSSR count). The maximum atomic E-state index is 12.8. The van der Waals surface area contributed by atoms with Gasteiger partial charge in [-0.3, -0.25) is 4.98 Å². The van der Waals surface area contributed by atoms with Crippen molar-refractivity contribution in [2.45, 2.75) is 13.1 Å². The van der Waals surface area contributed by atoms with Crippen LogP contribution in [0.25, 0.3) is 11.3 Å². The van der Waals surface area contributed by atoms with Crippen LogP contribution >= 0.6 is 0 Å². The van der Waals surface area contributed by atoms with Crippen molar-refractivity contribution in [3.63, 3.8) is 0 Å². The van der Waals surface area contributed by atoms with Gasteiger partial charge in [0.15, 0.2) is 0 Å². The van der Waals surface area contributed by atoms with Gasteiger partial charge in [-0.1, -0.05) is 24.3 Å². The lowest BCUT2D eigenvalue weighted by Gasteiger charge is -2.13. The molecule has 0 aliphatic carbocycles. The van der Waals surface area contributed by atoms with E-state index in [-0.39, 0.29) is 5.56 Å². The molecule has 0 aliphatic rings. The van der Waals surface area contributed by atoms with Gasteiger partial charge in [0.25, 0.3) is 0 Å². The van der Waals surface area contributed by atoms with E-state index in [1.54, 1.807) is 25.1 Å². The molecule has 0 saturated heterocycles. The van der Waals surface area contributed by atoms with Crippen molar-refractivity contribution >= 4 is 0 Å². The summed E-state index contributed by atoms with van der Waals surface area (Å²) in [6.45, 7) is 1.75. The summed E-state index contributed by atoms with van der Waals surface area (Å²) in [5, 5.41) is 0. The molecule has 1 aromatic heterocycles. The van der Waals surface area contributed by atoms with Gasteiger partial charge < -0.3 is 0 Å². The average molecular weight is 237 g/mol. The highest BCUT2D eigenvalue weighted by Crippen LogP contribution is 2.36. The van der Waals surface area contributed by atoms with Crippen molar-refractivity contribution < 1.29 is 13.2 Å². The second-order valence-corrected chi connectivity index (χ2v) is 3.71. The van der Waals surface area contributed by atoms with Gasteiger partial charge in [-0.05, 0) is 24.6 Å². The Morgan fingerprint density at radius 1 is 1.00 bits per heavy atom. The number of alkyl halides is 3. The predicted molar refractivity (Wildman–Crippen MR) is 59.4 cm³/mol. The van der Waals surface area contributed by atoms with Crippen LogP contribution in [0.2, 0.25) is 0 Å². The lowest BCUT2D eigenvalue weighted by molar-refractivity contribution is -0.137. The molecule has 0 saturated carbocycles. The minimum Gasteiger partial charge on any atom is -0.256 e. The van der Waals surface area contributed by atoms with E-state index in [2.05, 4.69) is 4.98 Å². The van der Waals surface area contributed by atoms with E-state index in [1.807, 2.05) is 0 Å². The Balaban J connectivity index is 2.65. The third-order valence-electron chi connectivity index (χ3n) is 2.50. The molecule has 0 unspecified atom stereocenters. The molecule has 0 bridgehead atoms.